The predicted octanol–water partition coefficient (Wildman–Crippen LogP) is 4.85. The largest absolute Gasteiger partial charge is 0.462 e. The van der Waals surface area contributed by atoms with Gasteiger partial charge in [-0.15, -0.1) is 11.3 Å². The van der Waals surface area contributed by atoms with Crippen LogP contribution >= 0.6 is 11.3 Å². The van der Waals surface area contributed by atoms with Gasteiger partial charge in [-0.3, -0.25) is 4.79 Å². The zero-order chi connectivity index (χ0) is 18.5. The summed E-state index contributed by atoms with van der Waals surface area (Å²) in [6.07, 6.45) is 5.86. The van der Waals surface area contributed by atoms with Gasteiger partial charge in [-0.2, -0.15) is 0 Å². The Kier molecular flexibility index (Phi) is 5.89. The number of rotatable bonds is 5. The number of carbonyl (C=O) groups excluding carboxylic acids is 2. The van der Waals surface area contributed by atoms with E-state index in [2.05, 4.69) is 5.32 Å². The highest BCUT2D eigenvalue weighted by molar-refractivity contribution is 7.17. The van der Waals surface area contributed by atoms with E-state index < -0.39 is 0 Å². The van der Waals surface area contributed by atoms with Crippen LogP contribution in [0.3, 0.4) is 0 Å². The first kappa shape index (κ1) is 18.4. The Morgan fingerprint density at radius 2 is 1.92 bits per heavy atom. The molecule has 0 saturated carbocycles. The molecule has 1 amide bonds. The van der Waals surface area contributed by atoms with E-state index in [1.165, 1.54) is 16.2 Å². The van der Waals surface area contributed by atoms with Gasteiger partial charge in [0.1, 0.15) is 5.00 Å². The van der Waals surface area contributed by atoms with Crippen molar-refractivity contribution in [1.82, 2.24) is 0 Å². The summed E-state index contributed by atoms with van der Waals surface area (Å²) in [5.74, 6) is -0.537. The Bertz CT molecular complexity index is 836. The average Bonchev–Trinajstić information content (AvgIpc) is 3.00. The zero-order valence-electron chi connectivity index (χ0n) is 15.1. The van der Waals surface area contributed by atoms with Crippen molar-refractivity contribution >= 4 is 34.3 Å². The molecule has 0 atom stereocenters. The van der Waals surface area contributed by atoms with E-state index in [1.807, 2.05) is 36.4 Å². The molecule has 1 aliphatic carbocycles. The number of anilines is 1. The number of nitrogens with one attached hydrogen (secondary N) is 1. The van der Waals surface area contributed by atoms with E-state index in [0.717, 1.165) is 36.8 Å². The van der Waals surface area contributed by atoms with E-state index in [-0.39, 0.29) is 11.9 Å². The van der Waals surface area contributed by atoms with Crippen LogP contribution in [0.4, 0.5) is 5.00 Å². The number of amides is 1. The summed E-state index contributed by atoms with van der Waals surface area (Å²) in [5.41, 5.74) is 3.17. The van der Waals surface area contributed by atoms with E-state index >= 15 is 0 Å². The molecule has 1 aromatic carbocycles. The molecule has 5 heteroatoms. The fourth-order valence-electron chi connectivity index (χ4n) is 3.14. The second-order valence-corrected chi connectivity index (χ2v) is 7.43. The second kappa shape index (κ2) is 8.32. The summed E-state index contributed by atoms with van der Waals surface area (Å²) in [6.45, 7) is 3.89. The Morgan fingerprint density at radius 1 is 1.19 bits per heavy atom. The molecule has 1 heterocycles. The minimum atomic E-state index is -0.341. The molecular formula is C21H23NO3S. The number of thiophene rings is 1. The lowest BCUT2D eigenvalue weighted by Gasteiger charge is -2.12. The molecule has 3 rings (SSSR count). The second-order valence-electron chi connectivity index (χ2n) is 6.33. The maximum atomic E-state index is 12.6. The molecule has 136 valence electrons. The van der Waals surface area contributed by atoms with E-state index in [0.29, 0.717) is 22.7 Å². The molecule has 0 radical (unpaired) electrons. The number of benzene rings is 1. The molecule has 0 spiro atoms. The van der Waals surface area contributed by atoms with E-state index in [9.17, 15) is 9.59 Å². The SMILES string of the molecule is CCOC(=O)c1c(NC(=O)/C(C)=C\c2ccccc2)sc2c1CCCC2. The van der Waals surface area contributed by atoms with Gasteiger partial charge in [-0.1, -0.05) is 30.3 Å². The van der Waals surface area contributed by atoms with Gasteiger partial charge in [0.2, 0.25) is 0 Å². The smallest absolute Gasteiger partial charge is 0.341 e. The molecule has 0 aliphatic heterocycles. The van der Waals surface area contributed by atoms with Gasteiger partial charge in [0.15, 0.2) is 0 Å². The normalized spacial score (nSPS) is 13.8. The summed E-state index contributed by atoms with van der Waals surface area (Å²) in [5, 5.41) is 3.55. The molecule has 26 heavy (non-hydrogen) atoms. The minimum absolute atomic E-state index is 0.196. The van der Waals surface area contributed by atoms with Gasteiger partial charge in [0, 0.05) is 10.5 Å². The number of hydrogen-bond acceptors (Lipinski definition) is 4. The van der Waals surface area contributed by atoms with E-state index in [1.54, 1.807) is 13.8 Å². The maximum absolute atomic E-state index is 12.6. The van der Waals surface area contributed by atoms with Crippen LogP contribution in [-0.2, 0) is 22.4 Å². The molecule has 4 nitrogen and oxygen atoms in total. The Hall–Kier alpha value is -2.40. The van der Waals surface area contributed by atoms with E-state index in [4.69, 9.17) is 4.74 Å². The highest BCUT2D eigenvalue weighted by Gasteiger charge is 2.27. The Labute approximate surface area is 157 Å². The molecule has 0 saturated heterocycles. The quantitative estimate of drug-likeness (QED) is 0.606. The van der Waals surface area contributed by atoms with Gasteiger partial charge in [-0.05, 0) is 56.7 Å². The van der Waals surface area contributed by atoms with Crippen molar-refractivity contribution in [3.63, 3.8) is 0 Å². The lowest BCUT2D eigenvalue weighted by Crippen LogP contribution is -2.16. The van der Waals surface area contributed by atoms with Crippen molar-refractivity contribution in [3.8, 4) is 0 Å². The van der Waals surface area contributed by atoms with Crippen LogP contribution in [0.1, 0.15) is 53.1 Å². The molecule has 1 aromatic heterocycles. The molecule has 1 aliphatic rings. The summed E-state index contributed by atoms with van der Waals surface area (Å²) in [6, 6.07) is 9.70. The van der Waals surface area contributed by atoms with Crippen LogP contribution in [0.2, 0.25) is 0 Å². The average molecular weight is 369 g/mol. The lowest BCUT2D eigenvalue weighted by atomic mass is 9.95. The van der Waals surface area contributed by atoms with Crippen molar-refractivity contribution in [2.45, 2.75) is 39.5 Å². The van der Waals surface area contributed by atoms with Gasteiger partial charge >= 0.3 is 5.97 Å². The number of aryl methyl sites for hydroxylation is 1. The predicted molar refractivity (Wildman–Crippen MR) is 106 cm³/mol. The van der Waals surface area contributed by atoms with Gasteiger partial charge in [0.05, 0.1) is 12.2 Å². The van der Waals surface area contributed by atoms with Crippen LogP contribution in [-0.4, -0.2) is 18.5 Å². The van der Waals surface area contributed by atoms with Crippen LogP contribution < -0.4 is 5.32 Å². The number of carbonyl (C=O) groups is 2. The highest BCUT2D eigenvalue weighted by atomic mass is 32.1. The van der Waals surface area contributed by atoms with Crippen molar-refractivity contribution in [1.29, 1.82) is 0 Å². The van der Waals surface area contributed by atoms with Crippen molar-refractivity contribution in [2.75, 3.05) is 11.9 Å². The highest BCUT2D eigenvalue weighted by Crippen LogP contribution is 2.38. The van der Waals surface area contributed by atoms with Gasteiger partial charge in [-0.25, -0.2) is 4.79 Å². The minimum Gasteiger partial charge on any atom is -0.462 e. The number of hydrogen-bond donors (Lipinski definition) is 1. The molecule has 0 bridgehead atoms. The van der Waals surface area contributed by atoms with Crippen LogP contribution in [0.5, 0.6) is 0 Å². The third kappa shape index (κ3) is 4.05. The van der Waals surface area contributed by atoms with Crippen molar-refractivity contribution in [3.05, 3.63) is 57.5 Å². The molecule has 2 aromatic rings. The molecular weight excluding hydrogens is 346 g/mol. The number of fused-ring (bicyclic) bond motifs is 1. The standard InChI is InChI=1S/C21H23NO3S/c1-3-25-21(24)18-16-11-7-8-12-17(16)26-20(18)22-19(23)14(2)13-15-9-5-4-6-10-15/h4-6,9-10,13H,3,7-8,11-12H2,1-2H3,(H,22,23)/b14-13-. The molecule has 1 N–H and O–H groups in total. The Morgan fingerprint density at radius 3 is 2.65 bits per heavy atom. The first-order chi connectivity index (χ1) is 12.6. The monoisotopic (exact) mass is 369 g/mol. The fourth-order valence-corrected chi connectivity index (χ4v) is 4.41. The molecule has 0 fully saturated rings. The first-order valence-electron chi connectivity index (χ1n) is 8.96. The fraction of sp³-hybridized carbons (Fsp3) is 0.333. The molecule has 0 unspecified atom stereocenters. The summed E-state index contributed by atoms with van der Waals surface area (Å²) < 4.78 is 5.23. The van der Waals surface area contributed by atoms with Gasteiger partial charge in [0.25, 0.3) is 5.91 Å². The number of esters is 1. The first-order valence-corrected chi connectivity index (χ1v) is 9.78. The van der Waals surface area contributed by atoms with Crippen LogP contribution in [0.25, 0.3) is 6.08 Å². The van der Waals surface area contributed by atoms with Crippen molar-refractivity contribution < 1.29 is 14.3 Å². The number of ether oxygens (including phenoxy) is 1. The zero-order valence-corrected chi connectivity index (χ0v) is 15.9. The summed E-state index contributed by atoms with van der Waals surface area (Å²) >= 11 is 1.51. The van der Waals surface area contributed by atoms with Crippen LogP contribution in [0.15, 0.2) is 35.9 Å². The summed E-state index contributed by atoms with van der Waals surface area (Å²) in [4.78, 5) is 26.3. The summed E-state index contributed by atoms with van der Waals surface area (Å²) in [7, 11) is 0. The maximum Gasteiger partial charge on any atom is 0.341 e. The third-order valence-electron chi connectivity index (χ3n) is 4.42. The van der Waals surface area contributed by atoms with Gasteiger partial charge < -0.3 is 10.1 Å². The van der Waals surface area contributed by atoms with Crippen molar-refractivity contribution in [2.24, 2.45) is 0 Å². The third-order valence-corrected chi connectivity index (χ3v) is 5.63. The topological polar surface area (TPSA) is 55.4 Å². The lowest BCUT2D eigenvalue weighted by molar-refractivity contribution is -0.112. The van der Waals surface area contributed by atoms with Crippen LogP contribution in [0, 0.1) is 0 Å². The Balaban J connectivity index is 1.87.